The molecule has 4 aromatic rings. The molecule has 0 amide bonds. The molecule has 4 aromatic carbocycles. The molecule has 1 saturated heterocycles. The SMILES string of the molecule is CN1CCC(N(C)Cc2ccc3ccc4cccc5ccc2c3c45)CC1. The van der Waals surface area contributed by atoms with Crippen LogP contribution in [0.5, 0.6) is 0 Å². The van der Waals surface area contributed by atoms with E-state index in [1.807, 2.05) is 0 Å². The number of hydrogen-bond acceptors (Lipinski definition) is 2. The molecule has 0 aromatic heterocycles. The van der Waals surface area contributed by atoms with E-state index in [-0.39, 0.29) is 0 Å². The zero-order valence-electron chi connectivity index (χ0n) is 15.7. The fraction of sp³-hybridized carbons (Fsp3) is 0.333. The first kappa shape index (κ1) is 16.0. The summed E-state index contributed by atoms with van der Waals surface area (Å²) in [5.74, 6) is 0. The van der Waals surface area contributed by atoms with Crippen LogP contribution in [0, 0.1) is 0 Å². The van der Waals surface area contributed by atoms with Crippen molar-refractivity contribution < 1.29 is 0 Å². The highest BCUT2D eigenvalue weighted by molar-refractivity contribution is 6.23. The van der Waals surface area contributed by atoms with Gasteiger partial charge in [0.2, 0.25) is 0 Å². The van der Waals surface area contributed by atoms with Crippen molar-refractivity contribution in [3.05, 3.63) is 60.2 Å². The van der Waals surface area contributed by atoms with Gasteiger partial charge in [-0.15, -0.1) is 0 Å². The van der Waals surface area contributed by atoms with Gasteiger partial charge in [0.25, 0.3) is 0 Å². The lowest BCUT2D eigenvalue weighted by atomic mass is 9.91. The molecule has 0 saturated carbocycles. The van der Waals surface area contributed by atoms with Crippen LogP contribution in [0.25, 0.3) is 32.3 Å². The van der Waals surface area contributed by atoms with E-state index >= 15 is 0 Å². The second-order valence-electron chi connectivity index (χ2n) is 8.03. The minimum absolute atomic E-state index is 0.699. The van der Waals surface area contributed by atoms with Crippen molar-refractivity contribution in [3.63, 3.8) is 0 Å². The lowest BCUT2D eigenvalue weighted by Gasteiger charge is -2.35. The molecule has 0 N–H and O–H groups in total. The Balaban J connectivity index is 1.58. The van der Waals surface area contributed by atoms with E-state index in [4.69, 9.17) is 0 Å². The van der Waals surface area contributed by atoms with Crippen molar-refractivity contribution in [2.24, 2.45) is 0 Å². The number of rotatable bonds is 3. The average molecular weight is 342 g/mol. The van der Waals surface area contributed by atoms with Crippen molar-refractivity contribution in [2.45, 2.75) is 25.4 Å². The predicted octanol–water partition coefficient (Wildman–Crippen LogP) is 5.11. The van der Waals surface area contributed by atoms with E-state index < -0.39 is 0 Å². The molecular weight excluding hydrogens is 316 g/mol. The number of hydrogen-bond donors (Lipinski definition) is 0. The minimum atomic E-state index is 0.699. The van der Waals surface area contributed by atoms with Gasteiger partial charge in [0.05, 0.1) is 0 Å². The Morgan fingerprint density at radius 2 is 1.46 bits per heavy atom. The molecule has 1 heterocycles. The van der Waals surface area contributed by atoms with Crippen molar-refractivity contribution in [1.29, 1.82) is 0 Å². The summed E-state index contributed by atoms with van der Waals surface area (Å²) in [5.41, 5.74) is 1.46. The molecule has 2 heteroatoms. The van der Waals surface area contributed by atoms with Gasteiger partial charge in [-0.2, -0.15) is 0 Å². The Hall–Kier alpha value is -2.16. The lowest BCUT2D eigenvalue weighted by molar-refractivity contribution is 0.139. The van der Waals surface area contributed by atoms with Crippen LogP contribution in [0.1, 0.15) is 18.4 Å². The summed E-state index contributed by atoms with van der Waals surface area (Å²) in [4.78, 5) is 5.01. The molecular formula is C24H26N2. The summed E-state index contributed by atoms with van der Waals surface area (Å²) < 4.78 is 0. The first-order chi connectivity index (χ1) is 12.7. The zero-order chi connectivity index (χ0) is 17.7. The molecule has 1 fully saturated rings. The molecule has 0 aliphatic carbocycles. The summed E-state index contributed by atoms with van der Waals surface area (Å²) in [6, 6.07) is 21.1. The highest BCUT2D eigenvalue weighted by Gasteiger charge is 2.21. The molecule has 0 radical (unpaired) electrons. The maximum atomic E-state index is 2.57. The normalized spacial score (nSPS) is 17.2. The fourth-order valence-electron chi connectivity index (χ4n) is 4.77. The quantitative estimate of drug-likeness (QED) is 0.477. The Bertz CT molecular complexity index is 1040. The van der Waals surface area contributed by atoms with E-state index in [1.54, 1.807) is 0 Å². The van der Waals surface area contributed by atoms with Crippen LogP contribution in [-0.2, 0) is 6.54 Å². The standard InChI is InChI=1S/C24H26N2/c1-25-14-12-21(13-15-25)26(2)16-20-9-8-19-7-6-17-4-3-5-18-10-11-22(20)24(19)23(17)18/h3-11,21H,12-16H2,1-2H3. The Kier molecular flexibility index (Phi) is 3.84. The van der Waals surface area contributed by atoms with Crippen LogP contribution in [0.15, 0.2) is 54.6 Å². The van der Waals surface area contributed by atoms with Crippen LogP contribution >= 0.6 is 0 Å². The highest BCUT2D eigenvalue weighted by atomic mass is 15.2. The number of piperidine rings is 1. The third-order valence-corrected chi connectivity index (χ3v) is 6.35. The van der Waals surface area contributed by atoms with E-state index in [0.717, 1.165) is 6.54 Å². The van der Waals surface area contributed by atoms with E-state index in [9.17, 15) is 0 Å². The largest absolute Gasteiger partial charge is 0.306 e. The second kappa shape index (κ2) is 6.22. The maximum absolute atomic E-state index is 2.57. The fourth-order valence-corrected chi connectivity index (χ4v) is 4.77. The van der Waals surface area contributed by atoms with Crippen LogP contribution in [-0.4, -0.2) is 43.0 Å². The first-order valence-corrected chi connectivity index (χ1v) is 9.75. The molecule has 1 aliphatic rings. The van der Waals surface area contributed by atoms with E-state index in [1.165, 1.54) is 63.8 Å². The first-order valence-electron chi connectivity index (χ1n) is 9.75. The molecule has 0 bridgehead atoms. The number of nitrogens with zero attached hydrogens (tertiary/aromatic N) is 2. The molecule has 0 unspecified atom stereocenters. The molecule has 0 atom stereocenters. The van der Waals surface area contributed by atoms with Gasteiger partial charge in [0, 0.05) is 12.6 Å². The van der Waals surface area contributed by atoms with E-state index in [2.05, 4.69) is 78.5 Å². The molecule has 2 nitrogen and oxygen atoms in total. The van der Waals surface area contributed by atoms with Crippen LogP contribution in [0.3, 0.4) is 0 Å². The van der Waals surface area contributed by atoms with Gasteiger partial charge in [-0.1, -0.05) is 54.6 Å². The monoisotopic (exact) mass is 342 g/mol. The summed E-state index contributed by atoms with van der Waals surface area (Å²) in [6.07, 6.45) is 2.55. The van der Waals surface area contributed by atoms with Crippen LogP contribution in [0.2, 0.25) is 0 Å². The topological polar surface area (TPSA) is 6.48 Å². The van der Waals surface area contributed by atoms with Crippen molar-refractivity contribution in [1.82, 2.24) is 9.80 Å². The number of likely N-dealkylation sites (tertiary alicyclic amines) is 1. The van der Waals surface area contributed by atoms with Crippen molar-refractivity contribution in [2.75, 3.05) is 27.2 Å². The molecule has 132 valence electrons. The Labute approximate surface area is 155 Å². The summed E-state index contributed by atoms with van der Waals surface area (Å²) >= 11 is 0. The van der Waals surface area contributed by atoms with Crippen LogP contribution < -0.4 is 0 Å². The Morgan fingerprint density at radius 1 is 0.846 bits per heavy atom. The van der Waals surface area contributed by atoms with Gasteiger partial charge in [-0.25, -0.2) is 0 Å². The van der Waals surface area contributed by atoms with Crippen molar-refractivity contribution in [3.8, 4) is 0 Å². The minimum Gasteiger partial charge on any atom is -0.306 e. The molecule has 26 heavy (non-hydrogen) atoms. The highest BCUT2D eigenvalue weighted by Crippen LogP contribution is 2.36. The third kappa shape index (κ3) is 2.56. The zero-order valence-corrected chi connectivity index (χ0v) is 15.7. The van der Waals surface area contributed by atoms with Gasteiger partial charge in [0.15, 0.2) is 0 Å². The second-order valence-corrected chi connectivity index (χ2v) is 8.03. The van der Waals surface area contributed by atoms with Gasteiger partial charge >= 0.3 is 0 Å². The third-order valence-electron chi connectivity index (χ3n) is 6.35. The Morgan fingerprint density at radius 3 is 2.19 bits per heavy atom. The number of benzene rings is 4. The predicted molar refractivity (Wildman–Crippen MR) is 112 cm³/mol. The van der Waals surface area contributed by atoms with Gasteiger partial charge in [0.1, 0.15) is 0 Å². The molecule has 5 rings (SSSR count). The average Bonchev–Trinajstić information content (AvgIpc) is 2.67. The van der Waals surface area contributed by atoms with E-state index in [0.29, 0.717) is 6.04 Å². The smallest absolute Gasteiger partial charge is 0.0239 e. The van der Waals surface area contributed by atoms with Crippen LogP contribution in [0.4, 0.5) is 0 Å². The van der Waals surface area contributed by atoms with Gasteiger partial charge in [-0.05, 0) is 77.9 Å². The summed E-state index contributed by atoms with van der Waals surface area (Å²) in [6.45, 7) is 3.46. The summed E-state index contributed by atoms with van der Waals surface area (Å²) in [5, 5.41) is 8.34. The van der Waals surface area contributed by atoms with Gasteiger partial charge in [-0.3, -0.25) is 4.90 Å². The molecule has 0 spiro atoms. The summed E-state index contributed by atoms with van der Waals surface area (Å²) in [7, 11) is 4.53. The molecule has 1 aliphatic heterocycles. The van der Waals surface area contributed by atoms with Crippen molar-refractivity contribution >= 4 is 32.3 Å². The lowest BCUT2D eigenvalue weighted by Crippen LogP contribution is -2.41. The van der Waals surface area contributed by atoms with Gasteiger partial charge < -0.3 is 4.90 Å². The maximum Gasteiger partial charge on any atom is 0.0239 e.